The van der Waals surface area contributed by atoms with Gasteiger partial charge in [0.15, 0.2) is 0 Å². The number of aryl methyl sites for hydroxylation is 2. The number of carboxylic acid groups (broad SMARTS) is 1. The van der Waals surface area contributed by atoms with Crippen LogP contribution in [-0.2, 0) is 22.8 Å². The SMILES string of the molecule is Cn1nc2cccc(B3OC(C)(C)C(C)(C)O3)c2c1CCCN(CCCO)C(=O)O. The molecule has 0 radical (unpaired) electrons. The predicted octanol–water partition coefficient (Wildman–Crippen LogP) is 2.17. The molecule has 1 amide bonds. The van der Waals surface area contributed by atoms with Crippen LogP contribution in [0.1, 0.15) is 46.2 Å². The first-order chi connectivity index (χ1) is 14.1. The number of aliphatic hydroxyl groups is 1. The number of aromatic nitrogens is 2. The molecule has 0 aliphatic carbocycles. The molecule has 1 aliphatic rings. The zero-order valence-corrected chi connectivity index (χ0v) is 18.5. The van der Waals surface area contributed by atoms with Crippen molar-refractivity contribution in [1.82, 2.24) is 14.7 Å². The smallest absolute Gasteiger partial charge is 0.465 e. The molecular formula is C21H32BN3O5. The van der Waals surface area contributed by atoms with E-state index in [2.05, 4.69) is 5.10 Å². The highest BCUT2D eigenvalue weighted by molar-refractivity contribution is 6.65. The lowest BCUT2D eigenvalue weighted by Crippen LogP contribution is -2.41. The van der Waals surface area contributed by atoms with Crippen LogP contribution in [0.3, 0.4) is 0 Å². The van der Waals surface area contributed by atoms with Crippen LogP contribution >= 0.6 is 0 Å². The minimum Gasteiger partial charge on any atom is -0.465 e. The van der Waals surface area contributed by atoms with Crippen molar-refractivity contribution in [3.8, 4) is 0 Å². The summed E-state index contributed by atoms with van der Waals surface area (Å²) in [6.07, 6.45) is 0.806. The van der Waals surface area contributed by atoms with E-state index in [0.717, 1.165) is 22.1 Å². The molecule has 2 N–H and O–H groups in total. The highest BCUT2D eigenvalue weighted by atomic mass is 16.7. The summed E-state index contributed by atoms with van der Waals surface area (Å²) in [5, 5.41) is 24.0. The van der Waals surface area contributed by atoms with E-state index in [9.17, 15) is 9.90 Å². The fraction of sp³-hybridized carbons (Fsp3) is 0.619. The molecule has 30 heavy (non-hydrogen) atoms. The summed E-state index contributed by atoms with van der Waals surface area (Å²) in [7, 11) is 1.42. The van der Waals surface area contributed by atoms with E-state index in [1.165, 1.54) is 4.90 Å². The van der Waals surface area contributed by atoms with Crippen LogP contribution in [0.15, 0.2) is 18.2 Å². The maximum absolute atomic E-state index is 11.4. The molecular weight excluding hydrogens is 385 g/mol. The van der Waals surface area contributed by atoms with Gasteiger partial charge in [-0.25, -0.2) is 4.79 Å². The van der Waals surface area contributed by atoms with E-state index in [1.54, 1.807) is 0 Å². The van der Waals surface area contributed by atoms with E-state index in [1.807, 2.05) is 57.6 Å². The van der Waals surface area contributed by atoms with Crippen LogP contribution in [0.4, 0.5) is 4.79 Å². The van der Waals surface area contributed by atoms with Crippen molar-refractivity contribution in [1.29, 1.82) is 0 Å². The van der Waals surface area contributed by atoms with Gasteiger partial charge >= 0.3 is 13.2 Å². The van der Waals surface area contributed by atoms with Crippen molar-refractivity contribution in [3.63, 3.8) is 0 Å². The van der Waals surface area contributed by atoms with Gasteiger partial charge in [0, 0.05) is 37.8 Å². The second kappa shape index (κ2) is 8.57. The van der Waals surface area contributed by atoms with E-state index in [0.29, 0.717) is 32.4 Å². The van der Waals surface area contributed by atoms with Crippen LogP contribution in [0, 0.1) is 0 Å². The Morgan fingerprint density at radius 3 is 2.40 bits per heavy atom. The second-order valence-electron chi connectivity index (χ2n) is 8.85. The van der Waals surface area contributed by atoms with Crippen LogP contribution in [0.5, 0.6) is 0 Å². The molecule has 2 heterocycles. The molecule has 1 saturated heterocycles. The minimum atomic E-state index is -0.962. The maximum atomic E-state index is 11.4. The van der Waals surface area contributed by atoms with E-state index in [4.69, 9.17) is 14.4 Å². The Kier molecular flexibility index (Phi) is 6.45. The number of carbonyl (C=O) groups is 1. The lowest BCUT2D eigenvalue weighted by atomic mass is 9.76. The fourth-order valence-electron chi connectivity index (χ4n) is 3.79. The molecule has 1 aromatic carbocycles. The highest BCUT2D eigenvalue weighted by Crippen LogP contribution is 2.37. The van der Waals surface area contributed by atoms with Crippen molar-refractivity contribution < 1.29 is 24.3 Å². The van der Waals surface area contributed by atoms with Crippen molar-refractivity contribution >= 4 is 29.6 Å². The van der Waals surface area contributed by atoms with Crippen molar-refractivity contribution in [2.75, 3.05) is 19.7 Å². The summed E-state index contributed by atoms with van der Waals surface area (Å²) in [6.45, 7) is 8.84. The summed E-state index contributed by atoms with van der Waals surface area (Å²) in [4.78, 5) is 12.8. The van der Waals surface area contributed by atoms with Crippen LogP contribution in [0.25, 0.3) is 10.9 Å². The van der Waals surface area contributed by atoms with Crippen molar-refractivity contribution in [3.05, 3.63) is 23.9 Å². The van der Waals surface area contributed by atoms with Gasteiger partial charge in [-0.3, -0.25) is 4.68 Å². The summed E-state index contributed by atoms with van der Waals surface area (Å²) in [6, 6.07) is 5.94. The Labute approximate surface area is 177 Å². The topological polar surface area (TPSA) is 97.0 Å². The minimum absolute atomic E-state index is 0.0202. The summed E-state index contributed by atoms with van der Waals surface area (Å²) < 4.78 is 14.4. The predicted molar refractivity (Wildman–Crippen MR) is 116 cm³/mol. The molecule has 1 fully saturated rings. The monoisotopic (exact) mass is 417 g/mol. The summed E-state index contributed by atoms with van der Waals surface area (Å²) >= 11 is 0. The van der Waals surface area contributed by atoms with E-state index in [-0.39, 0.29) is 6.61 Å². The number of amides is 1. The average molecular weight is 417 g/mol. The van der Waals surface area contributed by atoms with Gasteiger partial charge in [0.25, 0.3) is 0 Å². The van der Waals surface area contributed by atoms with Crippen LogP contribution in [-0.4, -0.2) is 69.0 Å². The Bertz CT molecular complexity index is 895. The molecule has 1 aromatic heterocycles. The molecule has 9 heteroatoms. The fourth-order valence-corrected chi connectivity index (χ4v) is 3.79. The Hall–Kier alpha value is -2.10. The van der Waals surface area contributed by atoms with Crippen molar-refractivity contribution in [2.24, 2.45) is 7.05 Å². The zero-order valence-electron chi connectivity index (χ0n) is 18.5. The van der Waals surface area contributed by atoms with Gasteiger partial charge in [0.1, 0.15) is 0 Å². The van der Waals surface area contributed by atoms with Gasteiger partial charge < -0.3 is 24.4 Å². The first-order valence-corrected chi connectivity index (χ1v) is 10.5. The molecule has 164 valence electrons. The molecule has 0 bridgehead atoms. The molecule has 2 aromatic rings. The largest absolute Gasteiger partial charge is 0.495 e. The third-order valence-electron chi connectivity index (χ3n) is 6.22. The number of nitrogens with zero attached hydrogens (tertiary/aromatic N) is 3. The molecule has 0 saturated carbocycles. The van der Waals surface area contributed by atoms with Crippen LogP contribution in [0.2, 0.25) is 0 Å². The van der Waals surface area contributed by atoms with Crippen LogP contribution < -0.4 is 5.46 Å². The standard InChI is InChI=1S/C21H32BN3O5/c1-20(2)21(3,4)30-22(29-20)15-9-6-10-16-18(15)17(24(5)23-16)11-7-12-25(19(27)28)13-8-14-26/h6,9-10,26H,7-8,11-14H2,1-5H3,(H,27,28). The normalized spacial score (nSPS) is 17.6. The third kappa shape index (κ3) is 4.33. The number of benzene rings is 1. The molecule has 8 nitrogen and oxygen atoms in total. The Morgan fingerprint density at radius 1 is 1.17 bits per heavy atom. The number of hydrogen-bond acceptors (Lipinski definition) is 5. The molecule has 1 aliphatic heterocycles. The molecule has 0 unspecified atom stereocenters. The lowest BCUT2D eigenvalue weighted by molar-refractivity contribution is 0.00578. The molecule has 0 atom stereocenters. The van der Waals surface area contributed by atoms with Gasteiger partial charge in [-0.15, -0.1) is 0 Å². The number of aliphatic hydroxyl groups excluding tert-OH is 1. The van der Waals surface area contributed by atoms with Gasteiger partial charge in [0.05, 0.1) is 16.7 Å². The quantitative estimate of drug-likeness (QED) is 0.639. The summed E-state index contributed by atoms with van der Waals surface area (Å²) in [5.74, 6) is 0. The lowest BCUT2D eigenvalue weighted by Gasteiger charge is -2.32. The second-order valence-corrected chi connectivity index (χ2v) is 8.85. The maximum Gasteiger partial charge on any atom is 0.495 e. The molecule has 0 spiro atoms. The number of rotatable bonds is 8. The van der Waals surface area contributed by atoms with Gasteiger partial charge in [-0.05, 0) is 58.5 Å². The highest BCUT2D eigenvalue weighted by Gasteiger charge is 2.52. The van der Waals surface area contributed by atoms with Gasteiger partial charge in [-0.1, -0.05) is 12.1 Å². The Balaban J connectivity index is 1.84. The molecule has 3 rings (SSSR count). The third-order valence-corrected chi connectivity index (χ3v) is 6.22. The average Bonchev–Trinajstić information content (AvgIpc) is 3.09. The Morgan fingerprint density at radius 2 is 1.80 bits per heavy atom. The van der Waals surface area contributed by atoms with E-state index < -0.39 is 24.4 Å². The van der Waals surface area contributed by atoms with Crippen molar-refractivity contribution in [2.45, 2.75) is 58.2 Å². The summed E-state index contributed by atoms with van der Waals surface area (Å²) in [5.41, 5.74) is 1.98. The first-order valence-electron chi connectivity index (χ1n) is 10.5. The van der Waals surface area contributed by atoms with Gasteiger partial charge in [-0.2, -0.15) is 5.10 Å². The number of fused-ring (bicyclic) bond motifs is 1. The van der Waals surface area contributed by atoms with Gasteiger partial charge in [0.2, 0.25) is 0 Å². The first kappa shape index (κ1) is 22.6. The van der Waals surface area contributed by atoms with E-state index >= 15 is 0 Å². The number of hydrogen-bond donors (Lipinski definition) is 2. The zero-order chi connectivity index (χ0) is 22.1.